The van der Waals surface area contributed by atoms with Crippen LogP contribution in [0.4, 0.5) is 0 Å². The number of carboxylic acid groups (broad SMARTS) is 1. The van der Waals surface area contributed by atoms with Crippen LogP contribution >= 0.6 is 0 Å². The number of sulfone groups is 1. The summed E-state index contributed by atoms with van der Waals surface area (Å²) in [7, 11) is -3.15. The van der Waals surface area contributed by atoms with Gasteiger partial charge in [-0.3, -0.25) is 4.79 Å². The van der Waals surface area contributed by atoms with Crippen LogP contribution in [-0.2, 0) is 14.6 Å². The van der Waals surface area contributed by atoms with Gasteiger partial charge in [0.05, 0.1) is 17.9 Å². The highest BCUT2D eigenvalue weighted by Gasteiger charge is 2.12. The summed E-state index contributed by atoms with van der Waals surface area (Å²) in [4.78, 5) is 10.3. The van der Waals surface area contributed by atoms with Crippen molar-refractivity contribution in [2.75, 3.05) is 11.5 Å². The van der Waals surface area contributed by atoms with Crippen molar-refractivity contribution in [2.45, 2.75) is 58.3 Å². The number of hydrogen-bond donors (Lipinski definition) is 1. The molecule has 17 heavy (non-hydrogen) atoms. The predicted molar refractivity (Wildman–Crippen MR) is 68.9 cm³/mol. The highest BCUT2D eigenvalue weighted by Crippen LogP contribution is 2.08. The zero-order chi connectivity index (χ0) is 13.1. The molecule has 0 aliphatic rings. The van der Waals surface area contributed by atoms with Gasteiger partial charge < -0.3 is 5.11 Å². The average molecular weight is 264 g/mol. The first-order chi connectivity index (χ1) is 7.98. The van der Waals surface area contributed by atoms with Crippen LogP contribution in [-0.4, -0.2) is 31.0 Å². The van der Waals surface area contributed by atoms with Gasteiger partial charge in [-0.15, -0.1) is 0 Å². The molecule has 0 radical (unpaired) electrons. The first kappa shape index (κ1) is 16.4. The number of rotatable bonds is 11. The van der Waals surface area contributed by atoms with Crippen LogP contribution in [0.25, 0.3) is 0 Å². The van der Waals surface area contributed by atoms with Gasteiger partial charge in [-0.2, -0.15) is 0 Å². The number of aliphatic carboxylic acids is 1. The summed E-state index contributed by atoms with van der Waals surface area (Å²) in [6, 6.07) is 0. The van der Waals surface area contributed by atoms with Crippen LogP contribution in [0.2, 0.25) is 0 Å². The summed E-state index contributed by atoms with van der Waals surface area (Å²) in [5, 5.41) is 8.40. The standard InChI is InChI=1S/C12H24O4S/c1-2-3-4-5-6-7-8-10-17(15,16)11-9-12(13)14/h2-11H2,1H3,(H,13,14). The van der Waals surface area contributed by atoms with E-state index in [-0.39, 0.29) is 17.9 Å². The van der Waals surface area contributed by atoms with E-state index in [2.05, 4.69) is 6.92 Å². The van der Waals surface area contributed by atoms with Gasteiger partial charge in [0.15, 0.2) is 9.84 Å². The average Bonchev–Trinajstić information content (AvgIpc) is 2.25. The van der Waals surface area contributed by atoms with Crippen LogP contribution < -0.4 is 0 Å². The van der Waals surface area contributed by atoms with Gasteiger partial charge in [0.25, 0.3) is 0 Å². The van der Waals surface area contributed by atoms with Crippen LogP contribution in [0.5, 0.6) is 0 Å². The van der Waals surface area contributed by atoms with Crippen molar-refractivity contribution in [1.29, 1.82) is 0 Å². The van der Waals surface area contributed by atoms with E-state index in [4.69, 9.17) is 5.11 Å². The molecule has 0 fully saturated rings. The van der Waals surface area contributed by atoms with Gasteiger partial charge in [-0.1, -0.05) is 45.4 Å². The Morgan fingerprint density at radius 2 is 1.47 bits per heavy atom. The molecule has 0 amide bonds. The lowest BCUT2D eigenvalue weighted by atomic mass is 10.1. The van der Waals surface area contributed by atoms with Crippen LogP contribution in [0, 0.1) is 0 Å². The highest BCUT2D eigenvalue weighted by atomic mass is 32.2. The Balaban J connectivity index is 3.49. The maximum atomic E-state index is 11.4. The molecule has 4 nitrogen and oxygen atoms in total. The zero-order valence-corrected chi connectivity index (χ0v) is 11.5. The molecule has 0 aliphatic carbocycles. The minimum Gasteiger partial charge on any atom is -0.481 e. The SMILES string of the molecule is CCCCCCCCCS(=O)(=O)CCC(=O)O. The Morgan fingerprint density at radius 1 is 0.941 bits per heavy atom. The lowest BCUT2D eigenvalue weighted by Gasteiger charge is -2.03. The monoisotopic (exact) mass is 264 g/mol. The molecule has 0 saturated carbocycles. The Hall–Kier alpha value is -0.580. The lowest BCUT2D eigenvalue weighted by Crippen LogP contribution is -2.14. The largest absolute Gasteiger partial charge is 0.481 e. The van der Waals surface area contributed by atoms with E-state index in [0.717, 1.165) is 12.8 Å². The van der Waals surface area contributed by atoms with E-state index >= 15 is 0 Å². The molecule has 0 saturated heterocycles. The van der Waals surface area contributed by atoms with Crippen molar-refractivity contribution in [2.24, 2.45) is 0 Å². The number of hydrogen-bond acceptors (Lipinski definition) is 3. The number of unbranched alkanes of at least 4 members (excludes halogenated alkanes) is 6. The van der Waals surface area contributed by atoms with E-state index in [9.17, 15) is 13.2 Å². The maximum Gasteiger partial charge on any atom is 0.304 e. The molecule has 0 bridgehead atoms. The van der Waals surface area contributed by atoms with E-state index in [1.54, 1.807) is 0 Å². The van der Waals surface area contributed by atoms with E-state index in [1.807, 2.05) is 0 Å². The van der Waals surface area contributed by atoms with Gasteiger partial charge in [0, 0.05) is 0 Å². The maximum absolute atomic E-state index is 11.4. The minimum atomic E-state index is -3.15. The second-order valence-corrected chi connectivity index (χ2v) is 6.72. The quantitative estimate of drug-likeness (QED) is 0.582. The molecule has 102 valence electrons. The van der Waals surface area contributed by atoms with Crippen molar-refractivity contribution in [1.82, 2.24) is 0 Å². The molecule has 0 aromatic carbocycles. The Kier molecular flexibility index (Phi) is 9.13. The summed E-state index contributed by atoms with van der Waals surface area (Å²) >= 11 is 0. The van der Waals surface area contributed by atoms with Crippen molar-refractivity contribution < 1.29 is 18.3 Å². The second-order valence-electron chi connectivity index (χ2n) is 4.42. The second kappa shape index (κ2) is 9.45. The van der Waals surface area contributed by atoms with Crippen molar-refractivity contribution >= 4 is 15.8 Å². The third kappa shape index (κ3) is 11.7. The molecule has 0 rings (SSSR count). The first-order valence-corrected chi connectivity index (χ1v) is 8.22. The summed E-state index contributed by atoms with van der Waals surface area (Å²) in [5.74, 6) is -1.14. The number of carboxylic acids is 1. The fourth-order valence-electron chi connectivity index (χ4n) is 1.62. The van der Waals surface area contributed by atoms with E-state index in [1.165, 1.54) is 25.7 Å². The van der Waals surface area contributed by atoms with Crippen LogP contribution in [0.15, 0.2) is 0 Å². The first-order valence-electron chi connectivity index (χ1n) is 6.40. The molecule has 5 heteroatoms. The smallest absolute Gasteiger partial charge is 0.304 e. The van der Waals surface area contributed by atoms with Crippen molar-refractivity contribution in [3.8, 4) is 0 Å². The summed E-state index contributed by atoms with van der Waals surface area (Å²) in [6.07, 6.45) is 7.24. The minimum absolute atomic E-state index is 0.133. The molecule has 0 aromatic rings. The van der Waals surface area contributed by atoms with Gasteiger partial charge in [0.2, 0.25) is 0 Å². The molecule has 0 atom stereocenters. The van der Waals surface area contributed by atoms with Crippen LogP contribution in [0.3, 0.4) is 0 Å². The van der Waals surface area contributed by atoms with Gasteiger partial charge in [-0.25, -0.2) is 8.42 Å². The Labute approximate surface area is 104 Å². The molecule has 1 N–H and O–H groups in total. The molecule has 0 aliphatic heterocycles. The fourth-order valence-corrected chi connectivity index (χ4v) is 2.96. The Morgan fingerprint density at radius 3 is 2.00 bits per heavy atom. The predicted octanol–water partition coefficient (Wildman–Crippen LogP) is 2.63. The summed E-state index contributed by atoms with van der Waals surface area (Å²) in [5.41, 5.74) is 0. The normalized spacial score (nSPS) is 11.6. The van der Waals surface area contributed by atoms with Crippen molar-refractivity contribution in [3.63, 3.8) is 0 Å². The van der Waals surface area contributed by atoms with Crippen molar-refractivity contribution in [3.05, 3.63) is 0 Å². The van der Waals surface area contributed by atoms with E-state index in [0.29, 0.717) is 6.42 Å². The highest BCUT2D eigenvalue weighted by molar-refractivity contribution is 7.91. The van der Waals surface area contributed by atoms with Gasteiger partial charge in [-0.05, 0) is 6.42 Å². The summed E-state index contributed by atoms with van der Waals surface area (Å²) in [6.45, 7) is 2.16. The third-order valence-electron chi connectivity index (χ3n) is 2.69. The molecular formula is C12H24O4S. The molecule has 0 aromatic heterocycles. The molecular weight excluding hydrogens is 240 g/mol. The van der Waals surface area contributed by atoms with Gasteiger partial charge >= 0.3 is 5.97 Å². The molecule has 0 heterocycles. The zero-order valence-electron chi connectivity index (χ0n) is 10.7. The van der Waals surface area contributed by atoms with E-state index < -0.39 is 15.8 Å². The Bertz CT molecular complexity index is 296. The molecule has 0 spiro atoms. The topological polar surface area (TPSA) is 71.4 Å². The van der Waals surface area contributed by atoms with Gasteiger partial charge in [0.1, 0.15) is 0 Å². The molecule has 0 unspecified atom stereocenters. The number of carbonyl (C=O) groups is 1. The lowest BCUT2D eigenvalue weighted by molar-refractivity contribution is -0.136. The summed E-state index contributed by atoms with van der Waals surface area (Å²) < 4.78 is 22.8. The third-order valence-corrected chi connectivity index (χ3v) is 4.42. The fraction of sp³-hybridized carbons (Fsp3) is 0.917. The van der Waals surface area contributed by atoms with Crippen LogP contribution in [0.1, 0.15) is 58.3 Å².